The number of carbonyl (C=O) groups excluding carboxylic acids is 1. The fourth-order valence-electron chi connectivity index (χ4n) is 0.815. The Bertz CT molecular complexity index is 280. The lowest BCUT2D eigenvalue weighted by Crippen LogP contribution is -2.35. The third-order valence-electron chi connectivity index (χ3n) is 1.29. The summed E-state index contributed by atoms with van der Waals surface area (Å²) >= 11 is 1.50. The quantitative estimate of drug-likeness (QED) is 0.702. The van der Waals surface area contributed by atoms with Crippen molar-refractivity contribution in [2.75, 3.05) is 14.1 Å². The first-order chi connectivity index (χ1) is 5.59. The SMILES string of the molecule is Cc1ccc(C(=O)NN(C)C)s1. The Kier molecular flexibility index (Phi) is 2.83. The van der Waals surface area contributed by atoms with E-state index in [1.165, 1.54) is 11.3 Å². The first kappa shape index (κ1) is 9.22. The normalized spacial score (nSPS) is 10.3. The molecule has 0 radical (unpaired) electrons. The summed E-state index contributed by atoms with van der Waals surface area (Å²) in [5.41, 5.74) is 2.68. The van der Waals surface area contributed by atoms with Crippen LogP contribution in [-0.4, -0.2) is 25.0 Å². The van der Waals surface area contributed by atoms with Gasteiger partial charge in [-0.15, -0.1) is 11.3 Å². The number of rotatable bonds is 2. The Morgan fingerprint density at radius 1 is 1.50 bits per heavy atom. The second-order valence-electron chi connectivity index (χ2n) is 2.75. The van der Waals surface area contributed by atoms with E-state index in [0.29, 0.717) is 0 Å². The number of nitrogens with zero attached hydrogens (tertiary/aromatic N) is 1. The highest BCUT2D eigenvalue weighted by molar-refractivity contribution is 7.13. The first-order valence-corrected chi connectivity index (χ1v) is 4.46. The van der Waals surface area contributed by atoms with Crippen molar-refractivity contribution in [3.05, 3.63) is 21.9 Å². The van der Waals surface area contributed by atoms with Crippen LogP contribution < -0.4 is 5.43 Å². The lowest BCUT2D eigenvalue weighted by atomic mass is 10.4. The van der Waals surface area contributed by atoms with Crippen molar-refractivity contribution in [1.29, 1.82) is 0 Å². The average molecular weight is 184 g/mol. The lowest BCUT2D eigenvalue weighted by molar-refractivity contribution is 0.0861. The number of hydrogen-bond acceptors (Lipinski definition) is 3. The molecule has 0 aliphatic heterocycles. The van der Waals surface area contributed by atoms with E-state index in [-0.39, 0.29) is 5.91 Å². The van der Waals surface area contributed by atoms with Gasteiger partial charge >= 0.3 is 0 Å². The van der Waals surface area contributed by atoms with E-state index in [2.05, 4.69) is 5.43 Å². The number of hydrazine groups is 1. The van der Waals surface area contributed by atoms with Crippen LogP contribution in [0.5, 0.6) is 0 Å². The molecule has 0 spiro atoms. The van der Waals surface area contributed by atoms with E-state index in [1.54, 1.807) is 19.1 Å². The summed E-state index contributed by atoms with van der Waals surface area (Å²) in [4.78, 5) is 13.2. The third kappa shape index (κ3) is 2.32. The molecule has 0 unspecified atom stereocenters. The van der Waals surface area contributed by atoms with Gasteiger partial charge < -0.3 is 0 Å². The molecule has 3 nitrogen and oxygen atoms in total. The zero-order valence-corrected chi connectivity index (χ0v) is 8.23. The molecule has 1 aromatic heterocycles. The number of amides is 1. The molecule has 0 aromatic carbocycles. The Morgan fingerprint density at radius 3 is 2.58 bits per heavy atom. The van der Waals surface area contributed by atoms with Crippen molar-refractivity contribution in [2.24, 2.45) is 0 Å². The monoisotopic (exact) mass is 184 g/mol. The molecule has 4 heteroatoms. The number of thiophene rings is 1. The second kappa shape index (κ2) is 3.69. The van der Waals surface area contributed by atoms with Crippen molar-refractivity contribution in [3.63, 3.8) is 0 Å². The molecule has 12 heavy (non-hydrogen) atoms. The van der Waals surface area contributed by atoms with E-state index in [1.807, 2.05) is 19.1 Å². The predicted octanol–water partition coefficient (Wildman–Crippen LogP) is 1.26. The summed E-state index contributed by atoms with van der Waals surface area (Å²) in [6.07, 6.45) is 0. The Labute approximate surface area is 76.0 Å². The zero-order valence-electron chi connectivity index (χ0n) is 7.42. The van der Waals surface area contributed by atoms with Gasteiger partial charge in [-0.25, -0.2) is 5.01 Å². The van der Waals surface area contributed by atoms with Crippen LogP contribution in [0.25, 0.3) is 0 Å². The van der Waals surface area contributed by atoms with Gasteiger partial charge in [0.1, 0.15) is 0 Å². The minimum atomic E-state index is -0.0434. The summed E-state index contributed by atoms with van der Waals surface area (Å²) in [5, 5.41) is 1.64. The molecule has 0 fully saturated rings. The fraction of sp³-hybridized carbons (Fsp3) is 0.375. The highest BCUT2D eigenvalue weighted by Gasteiger charge is 2.07. The van der Waals surface area contributed by atoms with Crippen LogP contribution >= 0.6 is 11.3 Å². The van der Waals surface area contributed by atoms with Gasteiger partial charge in [0.15, 0.2) is 0 Å². The van der Waals surface area contributed by atoms with Crippen LogP contribution in [-0.2, 0) is 0 Å². The Balaban J connectivity index is 2.65. The molecule has 0 atom stereocenters. The summed E-state index contributed by atoms with van der Waals surface area (Å²) in [6, 6.07) is 3.77. The maximum atomic E-state index is 11.3. The van der Waals surface area contributed by atoms with Gasteiger partial charge in [0, 0.05) is 19.0 Å². The molecular weight excluding hydrogens is 172 g/mol. The maximum Gasteiger partial charge on any atom is 0.275 e. The predicted molar refractivity (Wildman–Crippen MR) is 50.2 cm³/mol. The van der Waals surface area contributed by atoms with Gasteiger partial charge in [0.25, 0.3) is 5.91 Å². The molecule has 0 saturated carbocycles. The van der Waals surface area contributed by atoms with E-state index in [4.69, 9.17) is 0 Å². The van der Waals surface area contributed by atoms with Crippen LogP contribution in [0.15, 0.2) is 12.1 Å². The van der Waals surface area contributed by atoms with Crippen LogP contribution in [0, 0.1) is 6.92 Å². The number of nitrogens with one attached hydrogen (secondary N) is 1. The van der Waals surface area contributed by atoms with Crippen LogP contribution in [0.2, 0.25) is 0 Å². The Morgan fingerprint density at radius 2 is 2.17 bits per heavy atom. The molecule has 1 amide bonds. The maximum absolute atomic E-state index is 11.3. The van der Waals surface area contributed by atoms with Gasteiger partial charge in [0.2, 0.25) is 0 Å². The van der Waals surface area contributed by atoms with E-state index in [9.17, 15) is 4.79 Å². The summed E-state index contributed by atoms with van der Waals surface area (Å²) in [7, 11) is 3.58. The molecule has 0 aliphatic rings. The summed E-state index contributed by atoms with van der Waals surface area (Å²) in [5.74, 6) is -0.0434. The second-order valence-corrected chi connectivity index (χ2v) is 4.03. The molecule has 1 rings (SSSR count). The van der Waals surface area contributed by atoms with Gasteiger partial charge in [-0.3, -0.25) is 10.2 Å². The minimum absolute atomic E-state index is 0.0434. The molecule has 1 N–H and O–H groups in total. The average Bonchev–Trinajstić information content (AvgIpc) is 2.34. The van der Waals surface area contributed by atoms with Crippen LogP contribution in [0.1, 0.15) is 14.5 Å². The van der Waals surface area contributed by atoms with Crippen molar-refractivity contribution in [2.45, 2.75) is 6.92 Å². The van der Waals surface area contributed by atoms with Gasteiger partial charge in [-0.05, 0) is 19.1 Å². The van der Waals surface area contributed by atoms with Crippen molar-refractivity contribution < 1.29 is 4.79 Å². The van der Waals surface area contributed by atoms with Crippen molar-refractivity contribution >= 4 is 17.2 Å². The standard InChI is InChI=1S/C8H12N2OS/c1-6-4-5-7(12-6)8(11)9-10(2)3/h4-5H,1-3H3,(H,9,11). The largest absolute Gasteiger partial charge is 0.285 e. The molecule has 1 heterocycles. The molecule has 0 aliphatic carbocycles. The number of carbonyl (C=O) groups is 1. The Hall–Kier alpha value is -0.870. The van der Waals surface area contributed by atoms with E-state index >= 15 is 0 Å². The highest BCUT2D eigenvalue weighted by Crippen LogP contribution is 2.14. The van der Waals surface area contributed by atoms with Gasteiger partial charge in [-0.2, -0.15) is 0 Å². The van der Waals surface area contributed by atoms with Crippen molar-refractivity contribution in [3.8, 4) is 0 Å². The molecule has 0 bridgehead atoms. The summed E-state index contributed by atoms with van der Waals surface area (Å²) in [6.45, 7) is 1.98. The van der Waals surface area contributed by atoms with Crippen molar-refractivity contribution in [1.82, 2.24) is 10.4 Å². The number of hydrogen-bond donors (Lipinski definition) is 1. The molecule has 1 aromatic rings. The zero-order chi connectivity index (χ0) is 9.14. The number of aryl methyl sites for hydroxylation is 1. The van der Waals surface area contributed by atoms with Crippen LogP contribution in [0.4, 0.5) is 0 Å². The fourth-order valence-corrected chi connectivity index (χ4v) is 1.57. The lowest BCUT2D eigenvalue weighted by Gasteiger charge is -2.09. The van der Waals surface area contributed by atoms with E-state index in [0.717, 1.165) is 9.75 Å². The molecular formula is C8H12N2OS. The minimum Gasteiger partial charge on any atom is -0.285 e. The highest BCUT2D eigenvalue weighted by atomic mass is 32.1. The molecule has 0 saturated heterocycles. The van der Waals surface area contributed by atoms with Crippen LogP contribution in [0.3, 0.4) is 0 Å². The smallest absolute Gasteiger partial charge is 0.275 e. The van der Waals surface area contributed by atoms with E-state index < -0.39 is 0 Å². The first-order valence-electron chi connectivity index (χ1n) is 3.64. The third-order valence-corrected chi connectivity index (χ3v) is 2.29. The van der Waals surface area contributed by atoms with Gasteiger partial charge in [-0.1, -0.05) is 0 Å². The molecule has 66 valence electrons. The van der Waals surface area contributed by atoms with Gasteiger partial charge in [0.05, 0.1) is 4.88 Å². The topological polar surface area (TPSA) is 32.3 Å². The summed E-state index contributed by atoms with van der Waals surface area (Å²) < 4.78 is 0.